The Morgan fingerprint density at radius 2 is 1.67 bits per heavy atom. The summed E-state index contributed by atoms with van der Waals surface area (Å²) in [5, 5.41) is 0.181. The van der Waals surface area contributed by atoms with Crippen LogP contribution in [0.5, 0.6) is 0 Å². The lowest BCUT2D eigenvalue weighted by Gasteiger charge is -2.25. The van der Waals surface area contributed by atoms with E-state index in [9.17, 15) is 13.2 Å². The van der Waals surface area contributed by atoms with E-state index in [2.05, 4.69) is 15.9 Å². The van der Waals surface area contributed by atoms with Crippen LogP contribution in [0.4, 0.5) is 5.69 Å². The van der Waals surface area contributed by atoms with Crippen molar-refractivity contribution in [2.45, 2.75) is 4.90 Å². The number of sulfonamides is 1. The number of benzene rings is 2. The molecule has 0 radical (unpaired) electrons. The highest BCUT2D eigenvalue weighted by Gasteiger charge is 2.30. The van der Waals surface area contributed by atoms with Crippen LogP contribution in [-0.2, 0) is 14.8 Å². The lowest BCUT2D eigenvalue weighted by molar-refractivity contribution is -0.119. The van der Waals surface area contributed by atoms with Gasteiger partial charge in [0.15, 0.2) is 0 Å². The minimum Gasteiger partial charge on any atom is -0.293 e. The topological polar surface area (TPSA) is 92.5 Å². The molecule has 128 valence electrons. The SMILES string of the molecule is NNC(=O)CN(c1c(Cl)cccc1Cl)S(=O)(=O)c1ccc(Br)cc1. The summed E-state index contributed by atoms with van der Waals surface area (Å²) in [7, 11) is -4.09. The number of nitrogens with zero attached hydrogens (tertiary/aromatic N) is 1. The Balaban J connectivity index is 2.62. The molecule has 6 nitrogen and oxygen atoms in total. The van der Waals surface area contributed by atoms with Crippen molar-refractivity contribution in [2.75, 3.05) is 10.8 Å². The smallest absolute Gasteiger partial charge is 0.264 e. The van der Waals surface area contributed by atoms with Gasteiger partial charge in [-0.3, -0.25) is 14.5 Å². The van der Waals surface area contributed by atoms with E-state index in [4.69, 9.17) is 29.0 Å². The summed E-state index contributed by atoms with van der Waals surface area (Å²) in [5.74, 6) is 4.37. The zero-order valence-corrected chi connectivity index (χ0v) is 16.0. The number of carbonyl (C=O) groups excluding carboxylic acids is 1. The van der Waals surface area contributed by atoms with Crippen LogP contribution in [-0.4, -0.2) is 20.9 Å². The first-order valence-electron chi connectivity index (χ1n) is 6.49. The van der Waals surface area contributed by atoms with Gasteiger partial charge in [-0.05, 0) is 36.4 Å². The molecule has 0 heterocycles. The van der Waals surface area contributed by atoms with Crippen LogP contribution in [0.2, 0.25) is 10.0 Å². The molecule has 2 rings (SSSR count). The van der Waals surface area contributed by atoms with E-state index < -0.39 is 22.5 Å². The maximum Gasteiger partial charge on any atom is 0.264 e. The number of para-hydroxylation sites is 1. The fourth-order valence-electron chi connectivity index (χ4n) is 1.92. The van der Waals surface area contributed by atoms with Crippen molar-refractivity contribution in [3.8, 4) is 0 Å². The predicted molar refractivity (Wildman–Crippen MR) is 97.5 cm³/mol. The van der Waals surface area contributed by atoms with Crippen LogP contribution in [0.3, 0.4) is 0 Å². The first kappa shape index (κ1) is 19.0. The van der Waals surface area contributed by atoms with Crippen LogP contribution < -0.4 is 15.6 Å². The normalized spacial score (nSPS) is 11.2. The molecular formula is C14H12BrCl2N3O3S. The summed E-state index contributed by atoms with van der Waals surface area (Å²) in [6.07, 6.45) is 0. The second-order valence-corrected chi connectivity index (χ2v) is 8.20. The van der Waals surface area contributed by atoms with E-state index in [1.54, 1.807) is 18.2 Å². The summed E-state index contributed by atoms with van der Waals surface area (Å²) in [4.78, 5) is 11.7. The second-order valence-electron chi connectivity index (χ2n) is 4.60. The average molecular weight is 453 g/mol. The van der Waals surface area contributed by atoms with Crippen LogP contribution >= 0.6 is 39.1 Å². The molecule has 0 aromatic heterocycles. The average Bonchev–Trinajstić information content (AvgIpc) is 2.53. The van der Waals surface area contributed by atoms with Crippen molar-refractivity contribution in [3.63, 3.8) is 0 Å². The number of anilines is 1. The van der Waals surface area contributed by atoms with E-state index in [-0.39, 0.29) is 20.6 Å². The van der Waals surface area contributed by atoms with Crippen molar-refractivity contribution in [1.29, 1.82) is 0 Å². The van der Waals surface area contributed by atoms with Gasteiger partial charge in [-0.2, -0.15) is 0 Å². The monoisotopic (exact) mass is 451 g/mol. The first-order valence-corrected chi connectivity index (χ1v) is 9.48. The first-order chi connectivity index (χ1) is 11.3. The third kappa shape index (κ3) is 4.01. The minimum absolute atomic E-state index is 0.00681. The molecule has 0 fully saturated rings. The Kier molecular flexibility index (Phi) is 6.11. The Bertz CT molecular complexity index is 840. The molecule has 10 heteroatoms. The summed E-state index contributed by atoms with van der Waals surface area (Å²) in [6.45, 7) is -0.571. The van der Waals surface area contributed by atoms with Crippen molar-refractivity contribution >= 4 is 60.7 Å². The molecule has 0 saturated carbocycles. The molecule has 2 aromatic rings. The summed E-state index contributed by atoms with van der Waals surface area (Å²) >= 11 is 15.5. The van der Waals surface area contributed by atoms with E-state index in [0.29, 0.717) is 4.47 Å². The van der Waals surface area contributed by atoms with Gasteiger partial charge in [0.2, 0.25) is 0 Å². The number of nitrogens with two attached hydrogens (primary N) is 1. The number of hydrogen-bond donors (Lipinski definition) is 2. The number of carbonyl (C=O) groups is 1. The highest BCUT2D eigenvalue weighted by molar-refractivity contribution is 9.10. The third-order valence-corrected chi connectivity index (χ3v) is 5.94. The van der Waals surface area contributed by atoms with Crippen LogP contribution in [0, 0.1) is 0 Å². The number of hydrazine groups is 1. The Morgan fingerprint density at radius 3 is 2.17 bits per heavy atom. The Morgan fingerprint density at radius 1 is 1.12 bits per heavy atom. The molecule has 1 amide bonds. The molecule has 3 N–H and O–H groups in total. The van der Waals surface area contributed by atoms with Gasteiger partial charge in [-0.25, -0.2) is 14.3 Å². The summed E-state index contributed by atoms with van der Waals surface area (Å²) in [6, 6.07) is 10.5. The van der Waals surface area contributed by atoms with Crippen LogP contribution in [0.15, 0.2) is 51.8 Å². The number of halogens is 3. The lowest BCUT2D eigenvalue weighted by atomic mass is 10.3. The molecule has 24 heavy (non-hydrogen) atoms. The number of nitrogens with one attached hydrogen (secondary N) is 1. The zero-order chi connectivity index (χ0) is 17.9. The molecule has 0 aliphatic heterocycles. The number of rotatable bonds is 5. The molecule has 0 aliphatic carbocycles. The van der Waals surface area contributed by atoms with Gasteiger partial charge in [0.25, 0.3) is 15.9 Å². The number of amides is 1. The van der Waals surface area contributed by atoms with Gasteiger partial charge < -0.3 is 0 Å². The van der Waals surface area contributed by atoms with E-state index in [1.807, 2.05) is 5.43 Å². The van der Waals surface area contributed by atoms with Gasteiger partial charge in [0.1, 0.15) is 6.54 Å². The highest BCUT2D eigenvalue weighted by atomic mass is 79.9. The van der Waals surface area contributed by atoms with Crippen molar-refractivity contribution in [3.05, 3.63) is 57.0 Å². The van der Waals surface area contributed by atoms with Crippen LogP contribution in [0.25, 0.3) is 0 Å². The van der Waals surface area contributed by atoms with E-state index in [0.717, 1.165) is 4.31 Å². The fourth-order valence-corrected chi connectivity index (χ4v) is 4.35. The zero-order valence-electron chi connectivity index (χ0n) is 12.0. The maximum atomic E-state index is 13.0. The van der Waals surface area contributed by atoms with Crippen molar-refractivity contribution in [2.24, 2.45) is 5.84 Å². The molecule has 2 aromatic carbocycles. The third-order valence-electron chi connectivity index (χ3n) is 3.04. The Hall–Kier alpha value is -1.32. The quantitative estimate of drug-likeness (QED) is 0.414. The van der Waals surface area contributed by atoms with E-state index >= 15 is 0 Å². The van der Waals surface area contributed by atoms with Gasteiger partial charge in [-0.1, -0.05) is 45.2 Å². The molecular weight excluding hydrogens is 441 g/mol. The van der Waals surface area contributed by atoms with Crippen molar-refractivity contribution < 1.29 is 13.2 Å². The summed E-state index contributed by atoms with van der Waals surface area (Å²) < 4.78 is 27.5. The molecule has 0 bridgehead atoms. The maximum absolute atomic E-state index is 13.0. The highest BCUT2D eigenvalue weighted by Crippen LogP contribution is 2.36. The van der Waals surface area contributed by atoms with Gasteiger partial charge in [-0.15, -0.1) is 0 Å². The molecule has 0 unspecified atom stereocenters. The van der Waals surface area contributed by atoms with E-state index in [1.165, 1.54) is 24.3 Å². The van der Waals surface area contributed by atoms with Gasteiger partial charge in [0, 0.05) is 4.47 Å². The summed E-state index contributed by atoms with van der Waals surface area (Å²) in [5.41, 5.74) is 1.90. The van der Waals surface area contributed by atoms with Crippen LogP contribution in [0.1, 0.15) is 0 Å². The van der Waals surface area contributed by atoms with Crippen molar-refractivity contribution in [1.82, 2.24) is 5.43 Å². The molecule has 0 spiro atoms. The largest absolute Gasteiger partial charge is 0.293 e. The second kappa shape index (κ2) is 7.71. The molecule has 0 atom stereocenters. The lowest BCUT2D eigenvalue weighted by Crippen LogP contribution is -2.43. The van der Waals surface area contributed by atoms with Gasteiger partial charge >= 0.3 is 0 Å². The number of hydrogen-bond acceptors (Lipinski definition) is 4. The van der Waals surface area contributed by atoms with Gasteiger partial charge in [0.05, 0.1) is 20.6 Å². The Labute approximate surface area is 157 Å². The molecule has 0 aliphatic rings. The fraction of sp³-hybridized carbons (Fsp3) is 0.0714. The molecule has 0 saturated heterocycles. The standard InChI is InChI=1S/C14H12BrCl2N3O3S/c15-9-4-6-10(7-5-9)24(22,23)20(8-13(21)19-18)14-11(16)2-1-3-12(14)17/h1-7H,8,18H2,(H,19,21). The predicted octanol–water partition coefficient (Wildman–Crippen LogP) is 2.94. The minimum atomic E-state index is -4.09.